The number of rotatable bonds is 3. The standard InChI is InChI=1S/C18H20BrN5O2/c1-12-3-5-22(8-12)16(25)11-23-6-4-15-17(18(23)26)14(19)10-24(15)13-7-20-21(2)9-13/h4,6-7,9-10,12H,3,5,8,11H2,1-2H3. The molecule has 1 amide bonds. The van der Waals surface area contributed by atoms with E-state index in [1.165, 1.54) is 4.57 Å². The van der Waals surface area contributed by atoms with Crippen LogP contribution in [-0.4, -0.2) is 42.8 Å². The van der Waals surface area contributed by atoms with E-state index >= 15 is 0 Å². The van der Waals surface area contributed by atoms with Gasteiger partial charge in [-0.2, -0.15) is 5.10 Å². The van der Waals surface area contributed by atoms with Crippen molar-refractivity contribution in [1.29, 1.82) is 0 Å². The van der Waals surface area contributed by atoms with Crippen molar-refractivity contribution in [2.75, 3.05) is 13.1 Å². The van der Waals surface area contributed by atoms with Gasteiger partial charge in [-0.05, 0) is 34.3 Å². The number of carbonyl (C=O) groups is 1. The molecule has 0 spiro atoms. The zero-order valence-corrected chi connectivity index (χ0v) is 16.3. The molecule has 1 aliphatic heterocycles. The smallest absolute Gasteiger partial charge is 0.261 e. The number of nitrogens with zero attached hydrogens (tertiary/aromatic N) is 5. The van der Waals surface area contributed by atoms with Crippen LogP contribution in [0.15, 0.2) is 40.1 Å². The second-order valence-electron chi connectivity index (χ2n) is 6.96. The first-order chi connectivity index (χ1) is 12.4. The molecule has 4 heterocycles. The predicted octanol–water partition coefficient (Wildman–Crippen LogP) is 2.16. The zero-order chi connectivity index (χ0) is 18.4. The summed E-state index contributed by atoms with van der Waals surface area (Å²) in [5, 5.41) is 4.75. The fourth-order valence-corrected chi connectivity index (χ4v) is 4.09. The van der Waals surface area contributed by atoms with E-state index in [2.05, 4.69) is 28.0 Å². The van der Waals surface area contributed by atoms with E-state index < -0.39 is 0 Å². The highest BCUT2D eigenvalue weighted by atomic mass is 79.9. The number of hydrogen-bond acceptors (Lipinski definition) is 3. The number of hydrogen-bond donors (Lipinski definition) is 0. The first kappa shape index (κ1) is 17.1. The first-order valence-corrected chi connectivity index (χ1v) is 9.40. The summed E-state index contributed by atoms with van der Waals surface area (Å²) in [6.07, 6.45) is 8.21. The number of aromatic nitrogens is 4. The van der Waals surface area contributed by atoms with Crippen LogP contribution in [0, 0.1) is 5.92 Å². The summed E-state index contributed by atoms with van der Waals surface area (Å²) in [5.74, 6) is 0.527. The summed E-state index contributed by atoms with van der Waals surface area (Å²) in [7, 11) is 1.85. The number of halogens is 1. The molecule has 3 aromatic rings. The molecule has 1 atom stereocenters. The van der Waals surface area contributed by atoms with Gasteiger partial charge in [0.1, 0.15) is 6.54 Å². The summed E-state index contributed by atoms with van der Waals surface area (Å²) in [6, 6.07) is 1.87. The Labute approximate surface area is 158 Å². The maximum atomic E-state index is 12.9. The highest BCUT2D eigenvalue weighted by molar-refractivity contribution is 9.10. The minimum atomic E-state index is -0.169. The molecule has 0 aromatic carbocycles. The van der Waals surface area contributed by atoms with Crippen molar-refractivity contribution in [3.05, 3.63) is 45.7 Å². The number of fused-ring (bicyclic) bond motifs is 1. The van der Waals surface area contributed by atoms with Gasteiger partial charge in [-0.1, -0.05) is 6.92 Å². The fraction of sp³-hybridized carbons (Fsp3) is 0.389. The average Bonchev–Trinajstić information content (AvgIpc) is 3.29. The van der Waals surface area contributed by atoms with Gasteiger partial charge in [0.15, 0.2) is 0 Å². The third-order valence-electron chi connectivity index (χ3n) is 4.94. The van der Waals surface area contributed by atoms with Crippen LogP contribution < -0.4 is 5.56 Å². The topological polar surface area (TPSA) is 65.1 Å². The van der Waals surface area contributed by atoms with E-state index in [-0.39, 0.29) is 18.0 Å². The monoisotopic (exact) mass is 417 g/mol. The van der Waals surface area contributed by atoms with Crippen molar-refractivity contribution in [3.8, 4) is 5.69 Å². The summed E-state index contributed by atoms with van der Waals surface area (Å²) in [4.78, 5) is 27.3. The van der Waals surface area contributed by atoms with E-state index in [1.807, 2.05) is 35.0 Å². The van der Waals surface area contributed by atoms with Gasteiger partial charge in [0, 0.05) is 43.2 Å². The van der Waals surface area contributed by atoms with Gasteiger partial charge in [0.2, 0.25) is 5.91 Å². The Hall–Kier alpha value is -2.35. The minimum absolute atomic E-state index is 0.00128. The Balaban J connectivity index is 1.70. The van der Waals surface area contributed by atoms with Gasteiger partial charge in [-0.15, -0.1) is 0 Å². The average molecular weight is 418 g/mol. The molecule has 7 nitrogen and oxygen atoms in total. The quantitative estimate of drug-likeness (QED) is 0.655. The highest BCUT2D eigenvalue weighted by Gasteiger charge is 2.24. The summed E-state index contributed by atoms with van der Waals surface area (Å²) >= 11 is 3.49. The fourth-order valence-electron chi connectivity index (χ4n) is 3.52. The lowest BCUT2D eigenvalue weighted by Crippen LogP contribution is -2.34. The van der Waals surface area contributed by atoms with Crippen LogP contribution in [0.5, 0.6) is 0 Å². The van der Waals surface area contributed by atoms with E-state index in [0.29, 0.717) is 15.8 Å². The third-order valence-corrected chi connectivity index (χ3v) is 5.54. The van der Waals surface area contributed by atoms with Gasteiger partial charge in [0.25, 0.3) is 5.56 Å². The molecule has 0 aliphatic carbocycles. The molecule has 0 radical (unpaired) electrons. The summed E-state index contributed by atoms with van der Waals surface area (Å²) in [6.45, 7) is 3.77. The van der Waals surface area contributed by atoms with Crippen molar-refractivity contribution in [3.63, 3.8) is 0 Å². The normalized spacial score (nSPS) is 17.3. The van der Waals surface area contributed by atoms with Crippen molar-refractivity contribution < 1.29 is 4.79 Å². The molecule has 136 valence electrons. The lowest BCUT2D eigenvalue weighted by atomic mass is 10.2. The van der Waals surface area contributed by atoms with E-state index in [4.69, 9.17) is 0 Å². The molecule has 1 fully saturated rings. The number of pyridine rings is 1. The van der Waals surface area contributed by atoms with Gasteiger partial charge in [-0.3, -0.25) is 14.3 Å². The number of amides is 1. The lowest BCUT2D eigenvalue weighted by Gasteiger charge is -2.16. The molecule has 26 heavy (non-hydrogen) atoms. The van der Waals surface area contributed by atoms with E-state index in [0.717, 1.165) is 30.7 Å². The second-order valence-corrected chi connectivity index (χ2v) is 7.82. The minimum Gasteiger partial charge on any atom is -0.341 e. The third kappa shape index (κ3) is 2.88. The maximum Gasteiger partial charge on any atom is 0.261 e. The van der Waals surface area contributed by atoms with Gasteiger partial charge in [-0.25, -0.2) is 0 Å². The molecule has 8 heteroatoms. The number of likely N-dealkylation sites (tertiary alicyclic amines) is 1. The van der Waals surface area contributed by atoms with Crippen molar-refractivity contribution in [1.82, 2.24) is 23.8 Å². The number of carbonyl (C=O) groups excluding carboxylic acids is 1. The molecule has 3 aromatic heterocycles. The molecular weight excluding hydrogens is 398 g/mol. The van der Waals surface area contributed by atoms with Crippen LogP contribution in [0.3, 0.4) is 0 Å². The zero-order valence-electron chi connectivity index (χ0n) is 14.7. The Morgan fingerprint density at radius 2 is 2.19 bits per heavy atom. The predicted molar refractivity (Wildman–Crippen MR) is 102 cm³/mol. The second kappa shape index (κ2) is 6.42. The Morgan fingerprint density at radius 3 is 2.85 bits per heavy atom. The molecule has 0 N–H and O–H groups in total. The number of aryl methyl sites for hydroxylation is 1. The summed E-state index contributed by atoms with van der Waals surface area (Å²) < 4.78 is 5.83. The summed E-state index contributed by atoms with van der Waals surface area (Å²) in [5.41, 5.74) is 1.49. The molecule has 1 aliphatic rings. The van der Waals surface area contributed by atoms with Gasteiger partial charge < -0.3 is 14.0 Å². The van der Waals surface area contributed by atoms with Gasteiger partial charge in [0.05, 0.1) is 22.8 Å². The van der Waals surface area contributed by atoms with Crippen molar-refractivity contribution in [2.24, 2.45) is 13.0 Å². The molecule has 0 bridgehead atoms. The SMILES string of the molecule is CC1CCN(C(=O)Cn2ccc3c(c(Br)cn3-c3cnn(C)c3)c2=O)C1. The Kier molecular flexibility index (Phi) is 4.22. The first-order valence-electron chi connectivity index (χ1n) is 8.61. The Morgan fingerprint density at radius 1 is 1.38 bits per heavy atom. The maximum absolute atomic E-state index is 12.9. The van der Waals surface area contributed by atoms with Crippen LogP contribution in [0.25, 0.3) is 16.6 Å². The largest absolute Gasteiger partial charge is 0.341 e. The van der Waals surface area contributed by atoms with Crippen LogP contribution in [0.1, 0.15) is 13.3 Å². The molecule has 4 rings (SSSR count). The van der Waals surface area contributed by atoms with Crippen LogP contribution in [-0.2, 0) is 18.4 Å². The molecular formula is C18H20BrN5O2. The highest BCUT2D eigenvalue weighted by Crippen LogP contribution is 2.26. The Bertz CT molecular complexity index is 1050. The van der Waals surface area contributed by atoms with Crippen molar-refractivity contribution in [2.45, 2.75) is 19.9 Å². The molecule has 1 saturated heterocycles. The van der Waals surface area contributed by atoms with Crippen LogP contribution in [0.4, 0.5) is 0 Å². The van der Waals surface area contributed by atoms with E-state index in [9.17, 15) is 9.59 Å². The lowest BCUT2D eigenvalue weighted by molar-refractivity contribution is -0.130. The molecule has 1 unspecified atom stereocenters. The molecule has 0 saturated carbocycles. The van der Waals surface area contributed by atoms with E-state index in [1.54, 1.807) is 17.1 Å². The van der Waals surface area contributed by atoms with Gasteiger partial charge >= 0.3 is 0 Å². The van der Waals surface area contributed by atoms with Crippen molar-refractivity contribution >= 4 is 32.7 Å². The van der Waals surface area contributed by atoms with Crippen LogP contribution >= 0.6 is 15.9 Å². The van der Waals surface area contributed by atoms with Crippen LogP contribution in [0.2, 0.25) is 0 Å².